The molecule has 12 heteroatoms. The van der Waals surface area contributed by atoms with Crippen molar-refractivity contribution >= 4 is 23.4 Å². The number of hydrogen-bond acceptors (Lipinski definition) is 7. The lowest BCUT2D eigenvalue weighted by Gasteiger charge is -2.41. The van der Waals surface area contributed by atoms with Crippen molar-refractivity contribution in [1.29, 1.82) is 0 Å². The van der Waals surface area contributed by atoms with Crippen LogP contribution < -0.4 is 20.5 Å². The molecule has 0 saturated carbocycles. The fourth-order valence-corrected chi connectivity index (χ4v) is 4.66. The first-order chi connectivity index (χ1) is 19.1. The number of hydrogen-bond donors (Lipinski definition) is 1. The van der Waals surface area contributed by atoms with Gasteiger partial charge in [0, 0.05) is 24.4 Å². The fourth-order valence-electron chi connectivity index (χ4n) is 4.66. The van der Waals surface area contributed by atoms with Gasteiger partial charge in [-0.15, -0.1) is 0 Å². The van der Waals surface area contributed by atoms with E-state index in [0.717, 1.165) is 18.3 Å². The highest BCUT2D eigenvalue weighted by molar-refractivity contribution is 6.41. The number of carbonyl (C=O) groups is 4. The van der Waals surface area contributed by atoms with Crippen LogP contribution in [-0.2, 0) is 22.7 Å². The van der Waals surface area contributed by atoms with Gasteiger partial charge >= 0.3 is 0 Å². The largest absolute Gasteiger partial charge is 0.482 e. The molecule has 1 N–H and O–H groups in total. The second kappa shape index (κ2) is 10.4. The van der Waals surface area contributed by atoms with Crippen LogP contribution in [0.1, 0.15) is 45.8 Å². The van der Waals surface area contributed by atoms with Crippen LogP contribution in [0.25, 0.3) is 0 Å². The molecule has 3 heterocycles. The highest BCUT2D eigenvalue weighted by Gasteiger charge is 2.46. The summed E-state index contributed by atoms with van der Waals surface area (Å²) < 4.78 is 34.4. The normalized spacial score (nSPS) is 18.4. The molecule has 40 heavy (non-hydrogen) atoms. The van der Waals surface area contributed by atoms with Crippen molar-refractivity contribution in [3.05, 3.63) is 99.0 Å². The average molecular weight is 551 g/mol. The van der Waals surface area contributed by atoms with E-state index in [1.165, 1.54) is 28.4 Å². The third-order valence-electron chi connectivity index (χ3n) is 7.03. The summed E-state index contributed by atoms with van der Waals surface area (Å²) in [5.41, 5.74) is -0.936. The van der Waals surface area contributed by atoms with Gasteiger partial charge in [-0.2, -0.15) is 0 Å². The van der Waals surface area contributed by atoms with Crippen molar-refractivity contribution in [2.75, 3.05) is 11.7 Å². The lowest BCUT2D eigenvalue weighted by Crippen LogP contribution is -2.58. The monoisotopic (exact) mass is 550 g/mol. The number of aromatic nitrogens is 1. The molecule has 0 unspecified atom stereocenters. The van der Waals surface area contributed by atoms with Crippen LogP contribution in [0, 0.1) is 11.6 Å². The van der Waals surface area contributed by atoms with Gasteiger partial charge in [-0.3, -0.25) is 33.7 Å². The molecule has 3 aromatic rings. The molecule has 0 aliphatic carbocycles. The Labute approximate surface area is 226 Å². The van der Waals surface area contributed by atoms with Crippen molar-refractivity contribution in [3.63, 3.8) is 0 Å². The standard InChI is InChI=1S/C28H24F2N4O6/c1-15-23(35)24(36)16(2)34-14-32(15)28(39)22-26(40-13-17-6-4-3-5-7-17)25(37)20(12-33(22)34)27(38)31-11-18-8-9-19(29)10-21(18)30/h3-10,12,15-16H,11,13-14H2,1-2H3,(H,31,38)/t15-,16+/m0/s1. The third kappa shape index (κ3) is 4.61. The number of nitrogens with zero attached hydrogens (tertiary/aromatic N) is 3. The Bertz CT molecular complexity index is 1610. The molecule has 2 aliphatic rings. The summed E-state index contributed by atoms with van der Waals surface area (Å²) in [6.07, 6.45) is 1.10. The predicted octanol–water partition coefficient (Wildman–Crippen LogP) is 1.92. The molecule has 0 radical (unpaired) electrons. The maximum absolute atomic E-state index is 14.1. The lowest BCUT2D eigenvalue weighted by atomic mass is 10.1. The SMILES string of the molecule is C[C@@H]1C(=O)C(=O)[C@H](C)N2CN1n1cc(C(=O)NCc3ccc(F)cc3F)c(=O)c(OCc3ccccc3)c1C2=O. The van der Waals surface area contributed by atoms with Gasteiger partial charge in [-0.05, 0) is 25.5 Å². The molecule has 5 rings (SSSR count). The smallest absolute Gasteiger partial charge is 0.278 e. The van der Waals surface area contributed by atoms with Crippen LogP contribution in [0.5, 0.6) is 5.75 Å². The molecule has 2 atom stereocenters. The van der Waals surface area contributed by atoms with E-state index in [4.69, 9.17) is 4.74 Å². The minimum absolute atomic E-state index is 0.0154. The Morgan fingerprint density at radius 1 is 1.00 bits per heavy atom. The van der Waals surface area contributed by atoms with Crippen LogP contribution in [0.15, 0.2) is 59.5 Å². The van der Waals surface area contributed by atoms with Crippen LogP contribution in [-0.4, -0.2) is 51.7 Å². The Kier molecular flexibility index (Phi) is 6.92. The summed E-state index contributed by atoms with van der Waals surface area (Å²) in [7, 11) is 0. The molecule has 2 aliphatic heterocycles. The molecular formula is C28H24F2N4O6. The van der Waals surface area contributed by atoms with Gasteiger partial charge in [0.05, 0.1) is 6.04 Å². The number of benzene rings is 2. The number of rotatable bonds is 6. The number of pyridine rings is 1. The Balaban J connectivity index is 1.60. The van der Waals surface area contributed by atoms with Crippen LogP contribution in [0.4, 0.5) is 8.78 Å². The maximum Gasteiger partial charge on any atom is 0.278 e. The Hall–Kier alpha value is -4.87. The van der Waals surface area contributed by atoms with Gasteiger partial charge in [0.25, 0.3) is 11.8 Å². The van der Waals surface area contributed by atoms with E-state index in [1.807, 2.05) is 0 Å². The molecule has 1 saturated heterocycles. The molecule has 0 spiro atoms. The zero-order chi connectivity index (χ0) is 28.7. The number of ether oxygens (including phenoxy) is 1. The van der Waals surface area contributed by atoms with Crippen molar-refractivity contribution in [1.82, 2.24) is 14.9 Å². The number of ketones is 2. The fraction of sp³-hybridized carbons (Fsp3) is 0.250. The summed E-state index contributed by atoms with van der Waals surface area (Å²) in [6.45, 7) is 2.28. The first kappa shape index (κ1) is 26.7. The summed E-state index contributed by atoms with van der Waals surface area (Å²) >= 11 is 0. The number of amides is 2. The van der Waals surface area contributed by atoms with E-state index in [9.17, 15) is 32.8 Å². The topological polar surface area (TPSA) is 118 Å². The zero-order valence-corrected chi connectivity index (χ0v) is 21.5. The zero-order valence-electron chi connectivity index (χ0n) is 21.5. The number of nitrogens with one attached hydrogen (secondary N) is 1. The van der Waals surface area contributed by atoms with E-state index in [0.29, 0.717) is 11.6 Å². The van der Waals surface area contributed by atoms with Gasteiger partial charge in [-0.25, -0.2) is 8.78 Å². The van der Waals surface area contributed by atoms with Gasteiger partial charge in [0.2, 0.25) is 17.0 Å². The minimum atomic E-state index is -1.08. The van der Waals surface area contributed by atoms with Crippen molar-refractivity contribution in [2.45, 2.75) is 39.1 Å². The molecule has 10 nitrogen and oxygen atoms in total. The predicted molar refractivity (Wildman–Crippen MR) is 137 cm³/mol. The summed E-state index contributed by atoms with van der Waals surface area (Å²) in [6, 6.07) is 9.56. The van der Waals surface area contributed by atoms with Gasteiger partial charge in [0.1, 0.15) is 36.5 Å². The summed E-state index contributed by atoms with van der Waals surface area (Å²) in [5.74, 6) is -5.24. The second-order valence-corrected chi connectivity index (χ2v) is 9.52. The molecule has 1 aromatic heterocycles. The van der Waals surface area contributed by atoms with Crippen LogP contribution in [0.3, 0.4) is 0 Å². The first-order valence-corrected chi connectivity index (χ1v) is 12.4. The maximum atomic E-state index is 14.1. The highest BCUT2D eigenvalue weighted by atomic mass is 19.1. The summed E-state index contributed by atoms with van der Waals surface area (Å²) in [5, 5.41) is 3.83. The Morgan fingerprint density at radius 2 is 1.70 bits per heavy atom. The average Bonchev–Trinajstić information content (AvgIpc) is 3.01. The van der Waals surface area contributed by atoms with Crippen LogP contribution in [0.2, 0.25) is 0 Å². The number of Topliss-reactive ketones (excluding diaryl/α,β-unsaturated/α-hetero) is 2. The van der Waals surface area contributed by atoms with Gasteiger partial charge in [0.15, 0.2) is 11.4 Å². The van der Waals surface area contributed by atoms with E-state index in [-0.39, 0.29) is 31.1 Å². The quantitative estimate of drug-likeness (QED) is 0.466. The second-order valence-electron chi connectivity index (χ2n) is 9.52. The molecule has 2 bridgehead atoms. The molecule has 2 amide bonds. The highest BCUT2D eigenvalue weighted by Crippen LogP contribution is 2.28. The molecular weight excluding hydrogens is 526 g/mol. The molecule has 206 valence electrons. The first-order valence-electron chi connectivity index (χ1n) is 12.4. The van der Waals surface area contributed by atoms with E-state index >= 15 is 0 Å². The van der Waals surface area contributed by atoms with Crippen molar-refractivity contribution in [3.8, 4) is 5.75 Å². The van der Waals surface area contributed by atoms with Crippen LogP contribution >= 0.6 is 0 Å². The van der Waals surface area contributed by atoms with E-state index in [2.05, 4.69) is 5.32 Å². The number of carbonyl (C=O) groups excluding carboxylic acids is 4. The number of fused-ring (bicyclic) bond motifs is 4. The number of halogens is 2. The van der Waals surface area contributed by atoms with Crippen molar-refractivity contribution < 1.29 is 32.7 Å². The van der Waals surface area contributed by atoms with Gasteiger partial charge in [-0.1, -0.05) is 36.4 Å². The minimum Gasteiger partial charge on any atom is -0.482 e. The lowest BCUT2D eigenvalue weighted by molar-refractivity contribution is -0.138. The van der Waals surface area contributed by atoms with Gasteiger partial charge < -0.3 is 15.0 Å². The molecule has 2 aromatic carbocycles. The third-order valence-corrected chi connectivity index (χ3v) is 7.03. The van der Waals surface area contributed by atoms with E-state index < -0.39 is 63.8 Å². The Morgan fingerprint density at radius 3 is 2.40 bits per heavy atom. The van der Waals surface area contributed by atoms with E-state index in [1.54, 1.807) is 30.3 Å². The van der Waals surface area contributed by atoms with Crippen molar-refractivity contribution in [2.24, 2.45) is 0 Å². The molecule has 1 fully saturated rings. The summed E-state index contributed by atoms with van der Waals surface area (Å²) in [4.78, 5) is 67.1.